The highest BCUT2D eigenvalue weighted by atomic mass is 16.5. The third kappa shape index (κ3) is 1.97. The highest BCUT2D eigenvalue weighted by Gasteiger charge is 2.35. The summed E-state index contributed by atoms with van der Waals surface area (Å²) in [5.41, 5.74) is 0.296. The van der Waals surface area contributed by atoms with Crippen molar-refractivity contribution >= 4 is 5.97 Å². The normalized spacial score (nSPS) is 29.5. The first-order chi connectivity index (χ1) is 7.54. The van der Waals surface area contributed by atoms with Crippen molar-refractivity contribution in [2.24, 2.45) is 0 Å². The molecule has 2 atom stereocenters. The van der Waals surface area contributed by atoms with Crippen LogP contribution >= 0.6 is 0 Å². The molecule has 0 aromatic carbocycles. The van der Waals surface area contributed by atoms with Crippen LogP contribution in [0.4, 0.5) is 0 Å². The van der Waals surface area contributed by atoms with Gasteiger partial charge >= 0.3 is 5.97 Å². The number of carbonyl (C=O) groups is 1. The van der Waals surface area contributed by atoms with E-state index >= 15 is 0 Å². The maximum absolute atomic E-state index is 10.8. The summed E-state index contributed by atoms with van der Waals surface area (Å²) in [6.45, 7) is 2.11. The summed E-state index contributed by atoms with van der Waals surface area (Å²) in [5, 5.41) is 8.85. The first kappa shape index (κ1) is 11.2. The molecule has 0 bridgehead atoms. The van der Waals surface area contributed by atoms with Crippen LogP contribution in [-0.2, 0) is 4.74 Å². The third-order valence-electron chi connectivity index (χ3n) is 3.55. The van der Waals surface area contributed by atoms with E-state index in [2.05, 4.69) is 6.92 Å². The molecule has 0 spiro atoms. The highest BCUT2D eigenvalue weighted by molar-refractivity contribution is 5.87. The number of nitrogens with zero attached hydrogens (tertiary/aromatic N) is 1. The fourth-order valence-electron chi connectivity index (χ4n) is 2.38. The molecule has 1 heterocycles. The minimum absolute atomic E-state index is 0.0572. The van der Waals surface area contributed by atoms with E-state index in [1.165, 1.54) is 0 Å². The Morgan fingerprint density at radius 3 is 2.94 bits per heavy atom. The maximum atomic E-state index is 10.8. The van der Waals surface area contributed by atoms with Crippen molar-refractivity contribution in [1.29, 1.82) is 0 Å². The van der Waals surface area contributed by atoms with Gasteiger partial charge in [-0.25, -0.2) is 4.79 Å². The molecule has 0 aliphatic heterocycles. The molecule has 1 aromatic rings. The Labute approximate surface area is 94.8 Å². The summed E-state index contributed by atoms with van der Waals surface area (Å²) < 4.78 is 7.47. The molecular formula is C12H17NO3. The average molecular weight is 223 g/mol. The maximum Gasteiger partial charge on any atom is 0.337 e. The number of methoxy groups -OCH3 is 1. The van der Waals surface area contributed by atoms with Gasteiger partial charge in [-0.2, -0.15) is 0 Å². The Morgan fingerprint density at radius 2 is 2.44 bits per heavy atom. The zero-order valence-corrected chi connectivity index (χ0v) is 9.64. The standard InChI is InChI=1S/C12H17NO3/c1-12(16-2)5-3-10(7-12)13-6-4-9(8-13)11(14)15/h4,6,8,10H,3,5,7H2,1-2H3,(H,14,15). The number of aromatic carboxylic acids is 1. The molecule has 1 saturated carbocycles. The minimum atomic E-state index is -0.869. The first-order valence-electron chi connectivity index (χ1n) is 5.50. The van der Waals surface area contributed by atoms with E-state index in [-0.39, 0.29) is 5.60 Å². The van der Waals surface area contributed by atoms with Crippen LogP contribution in [0.2, 0.25) is 0 Å². The second-order valence-corrected chi connectivity index (χ2v) is 4.70. The Bertz CT molecular complexity index is 399. The van der Waals surface area contributed by atoms with Gasteiger partial charge in [0.15, 0.2) is 0 Å². The van der Waals surface area contributed by atoms with Crippen molar-refractivity contribution < 1.29 is 14.6 Å². The number of aromatic nitrogens is 1. The summed E-state index contributed by atoms with van der Waals surface area (Å²) in [6, 6.07) is 2.00. The first-order valence-corrected chi connectivity index (χ1v) is 5.50. The Kier molecular flexibility index (Phi) is 2.76. The number of carboxylic acids is 1. The topological polar surface area (TPSA) is 51.5 Å². The van der Waals surface area contributed by atoms with Crippen LogP contribution in [-0.4, -0.2) is 28.4 Å². The van der Waals surface area contributed by atoms with Crippen molar-refractivity contribution in [2.45, 2.75) is 37.8 Å². The highest BCUT2D eigenvalue weighted by Crippen LogP contribution is 2.39. The van der Waals surface area contributed by atoms with Gasteiger partial charge in [-0.05, 0) is 32.3 Å². The van der Waals surface area contributed by atoms with Gasteiger partial charge in [0.2, 0.25) is 0 Å². The lowest BCUT2D eigenvalue weighted by atomic mass is 10.1. The smallest absolute Gasteiger partial charge is 0.337 e. The molecule has 88 valence electrons. The van der Waals surface area contributed by atoms with E-state index in [4.69, 9.17) is 9.84 Å². The van der Waals surface area contributed by atoms with Gasteiger partial charge in [0, 0.05) is 25.5 Å². The number of rotatable bonds is 3. The van der Waals surface area contributed by atoms with Crippen LogP contribution < -0.4 is 0 Å². The summed E-state index contributed by atoms with van der Waals surface area (Å²) in [7, 11) is 1.74. The Hall–Kier alpha value is -1.29. The van der Waals surface area contributed by atoms with Gasteiger partial charge in [0.25, 0.3) is 0 Å². The lowest BCUT2D eigenvalue weighted by Gasteiger charge is -2.22. The lowest BCUT2D eigenvalue weighted by Crippen LogP contribution is -2.23. The van der Waals surface area contributed by atoms with Gasteiger partial charge in [-0.1, -0.05) is 0 Å². The van der Waals surface area contributed by atoms with Gasteiger partial charge < -0.3 is 14.4 Å². The Balaban J connectivity index is 2.11. The average Bonchev–Trinajstić information content (AvgIpc) is 2.84. The van der Waals surface area contributed by atoms with Crippen molar-refractivity contribution in [3.63, 3.8) is 0 Å². The molecule has 4 heteroatoms. The van der Waals surface area contributed by atoms with Gasteiger partial charge in [-0.15, -0.1) is 0 Å². The van der Waals surface area contributed by atoms with Crippen LogP contribution in [0.5, 0.6) is 0 Å². The molecule has 16 heavy (non-hydrogen) atoms. The van der Waals surface area contributed by atoms with Gasteiger partial charge in [-0.3, -0.25) is 0 Å². The predicted octanol–water partition coefficient (Wildman–Crippen LogP) is 2.32. The van der Waals surface area contributed by atoms with Crippen LogP contribution in [0.1, 0.15) is 42.6 Å². The molecule has 2 rings (SSSR count). The molecule has 0 amide bonds. The zero-order valence-electron chi connectivity index (χ0n) is 9.64. The van der Waals surface area contributed by atoms with Gasteiger partial charge in [0.1, 0.15) is 0 Å². The third-order valence-corrected chi connectivity index (χ3v) is 3.55. The second kappa shape index (κ2) is 3.94. The quantitative estimate of drug-likeness (QED) is 0.855. The van der Waals surface area contributed by atoms with Gasteiger partial charge in [0.05, 0.1) is 11.2 Å². The Morgan fingerprint density at radius 1 is 1.69 bits per heavy atom. The lowest BCUT2D eigenvalue weighted by molar-refractivity contribution is 0.00963. The zero-order chi connectivity index (χ0) is 11.8. The van der Waals surface area contributed by atoms with E-state index in [1.807, 2.05) is 10.8 Å². The van der Waals surface area contributed by atoms with Crippen molar-refractivity contribution in [3.05, 3.63) is 24.0 Å². The van der Waals surface area contributed by atoms with E-state index < -0.39 is 5.97 Å². The molecule has 4 nitrogen and oxygen atoms in total. The fraction of sp³-hybridized carbons (Fsp3) is 0.583. The number of hydrogen-bond donors (Lipinski definition) is 1. The van der Waals surface area contributed by atoms with Crippen LogP contribution in [0.15, 0.2) is 18.5 Å². The number of hydrogen-bond acceptors (Lipinski definition) is 2. The SMILES string of the molecule is COC1(C)CCC(n2ccc(C(=O)O)c2)C1. The van der Waals surface area contributed by atoms with E-state index in [1.54, 1.807) is 19.4 Å². The molecule has 0 radical (unpaired) electrons. The van der Waals surface area contributed by atoms with Crippen LogP contribution in [0.25, 0.3) is 0 Å². The van der Waals surface area contributed by atoms with Crippen molar-refractivity contribution in [3.8, 4) is 0 Å². The molecule has 1 aliphatic rings. The summed E-state index contributed by atoms with van der Waals surface area (Å²) in [5.74, 6) is -0.869. The summed E-state index contributed by atoms with van der Waals surface area (Å²) in [4.78, 5) is 10.8. The van der Waals surface area contributed by atoms with E-state index in [0.29, 0.717) is 11.6 Å². The number of ether oxygens (including phenoxy) is 1. The monoisotopic (exact) mass is 223 g/mol. The van der Waals surface area contributed by atoms with Crippen molar-refractivity contribution in [2.75, 3.05) is 7.11 Å². The largest absolute Gasteiger partial charge is 0.478 e. The summed E-state index contributed by atoms with van der Waals surface area (Å²) >= 11 is 0. The second-order valence-electron chi connectivity index (χ2n) is 4.70. The molecular weight excluding hydrogens is 206 g/mol. The van der Waals surface area contributed by atoms with E-state index in [0.717, 1.165) is 19.3 Å². The molecule has 1 aliphatic carbocycles. The molecule has 1 fully saturated rings. The molecule has 1 N–H and O–H groups in total. The van der Waals surface area contributed by atoms with Crippen LogP contribution in [0, 0.1) is 0 Å². The summed E-state index contributed by atoms with van der Waals surface area (Å²) in [6.07, 6.45) is 6.55. The molecule has 2 unspecified atom stereocenters. The van der Waals surface area contributed by atoms with E-state index in [9.17, 15) is 4.79 Å². The minimum Gasteiger partial charge on any atom is -0.478 e. The van der Waals surface area contributed by atoms with Crippen LogP contribution in [0.3, 0.4) is 0 Å². The molecule has 0 saturated heterocycles. The predicted molar refractivity (Wildman–Crippen MR) is 59.7 cm³/mol. The molecule has 1 aromatic heterocycles. The number of carboxylic acid groups (broad SMARTS) is 1. The fourth-order valence-corrected chi connectivity index (χ4v) is 2.38. The van der Waals surface area contributed by atoms with Crippen molar-refractivity contribution in [1.82, 2.24) is 4.57 Å².